The first-order valence-corrected chi connectivity index (χ1v) is 10.3. The Morgan fingerprint density at radius 1 is 0.938 bits per heavy atom. The van der Waals surface area contributed by atoms with Gasteiger partial charge in [0.05, 0.1) is 24.1 Å². The molecule has 0 saturated carbocycles. The quantitative estimate of drug-likeness (QED) is 0.446. The molecule has 0 fully saturated rings. The molecule has 2 aromatic heterocycles. The second kappa shape index (κ2) is 8.43. The molecule has 3 aromatic carbocycles. The summed E-state index contributed by atoms with van der Waals surface area (Å²) in [5.41, 5.74) is 4.43. The molecule has 1 N–H and O–H groups in total. The molecule has 158 valence electrons. The summed E-state index contributed by atoms with van der Waals surface area (Å²) in [5.74, 6) is 0.611. The van der Waals surface area contributed by atoms with Crippen molar-refractivity contribution in [1.29, 1.82) is 0 Å². The van der Waals surface area contributed by atoms with Gasteiger partial charge in [-0.05, 0) is 46.2 Å². The predicted molar refractivity (Wildman–Crippen MR) is 121 cm³/mol. The monoisotopic (exact) mass is 424 g/mol. The molecule has 0 bridgehead atoms. The van der Waals surface area contributed by atoms with Crippen molar-refractivity contribution in [2.75, 3.05) is 6.61 Å². The van der Waals surface area contributed by atoms with Crippen LogP contribution < -0.4 is 10.3 Å². The van der Waals surface area contributed by atoms with E-state index in [9.17, 15) is 4.79 Å². The highest BCUT2D eigenvalue weighted by Gasteiger charge is 2.13. The first kappa shape index (κ1) is 19.6. The average Bonchev–Trinajstić information content (AvgIpc) is 3.37. The van der Waals surface area contributed by atoms with Crippen molar-refractivity contribution in [2.24, 2.45) is 0 Å². The van der Waals surface area contributed by atoms with Crippen LogP contribution in [0.3, 0.4) is 0 Å². The molecule has 0 spiro atoms. The largest absolute Gasteiger partial charge is 0.465 e. The lowest BCUT2D eigenvalue weighted by Crippen LogP contribution is -2.24. The summed E-state index contributed by atoms with van der Waals surface area (Å²) in [7, 11) is 0. The van der Waals surface area contributed by atoms with Crippen molar-refractivity contribution >= 4 is 10.9 Å². The summed E-state index contributed by atoms with van der Waals surface area (Å²) in [6, 6.07) is 23.6. The molecule has 5 aromatic rings. The fourth-order valence-corrected chi connectivity index (χ4v) is 3.71. The van der Waals surface area contributed by atoms with E-state index in [1.807, 2.05) is 73.7 Å². The lowest BCUT2D eigenvalue weighted by atomic mass is 9.98. The Morgan fingerprint density at radius 2 is 1.69 bits per heavy atom. The Balaban J connectivity index is 1.51. The SMILES string of the molecule is CCOc1nc2ccccc2c(=O)n1Cc1ccc(-c2ccccc2-c2nnn[nH]2)cc1. The Morgan fingerprint density at radius 3 is 2.44 bits per heavy atom. The van der Waals surface area contributed by atoms with Crippen LogP contribution in [0.25, 0.3) is 33.4 Å². The number of nitrogens with one attached hydrogen (secondary N) is 1. The van der Waals surface area contributed by atoms with Gasteiger partial charge in [0, 0.05) is 5.56 Å². The van der Waals surface area contributed by atoms with E-state index in [-0.39, 0.29) is 5.56 Å². The number of fused-ring (bicyclic) bond motifs is 1. The number of benzene rings is 3. The number of ether oxygens (including phenoxy) is 1. The van der Waals surface area contributed by atoms with Gasteiger partial charge >= 0.3 is 0 Å². The summed E-state index contributed by atoms with van der Waals surface area (Å²) >= 11 is 0. The van der Waals surface area contributed by atoms with E-state index in [2.05, 4.69) is 25.6 Å². The molecule has 0 radical (unpaired) electrons. The molecule has 5 rings (SSSR count). The van der Waals surface area contributed by atoms with Gasteiger partial charge in [-0.3, -0.25) is 9.36 Å². The summed E-state index contributed by atoms with van der Waals surface area (Å²) < 4.78 is 7.26. The predicted octanol–water partition coefficient (Wildman–Crippen LogP) is 3.69. The van der Waals surface area contributed by atoms with Gasteiger partial charge in [0.1, 0.15) is 0 Å². The minimum absolute atomic E-state index is 0.119. The van der Waals surface area contributed by atoms with Crippen LogP contribution in [0.4, 0.5) is 0 Å². The highest BCUT2D eigenvalue weighted by molar-refractivity contribution is 5.80. The third-order valence-corrected chi connectivity index (χ3v) is 5.23. The second-order valence-corrected chi connectivity index (χ2v) is 7.23. The highest BCUT2D eigenvalue weighted by atomic mass is 16.5. The van der Waals surface area contributed by atoms with Gasteiger partial charge < -0.3 is 4.74 Å². The maximum atomic E-state index is 13.1. The number of hydrogen-bond donors (Lipinski definition) is 1. The number of hydrogen-bond acceptors (Lipinski definition) is 6. The maximum Gasteiger partial charge on any atom is 0.300 e. The minimum atomic E-state index is -0.119. The first-order chi connectivity index (χ1) is 15.7. The molecule has 0 aliphatic carbocycles. The van der Waals surface area contributed by atoms with Crippen molar-refractivity contribution in [3.63, 3.8) is 0 Å². The molecule has 0 unspecified atom stereocenters. The van der Waals surface area contributed by atoms with Crippen LogP contribution in [0.2, 0.25) is 0 Å². The van der Waals surface area contributed by atoms with Crippen LogP contribution in [-0.2, 0) is 6.54 Å². The van der Waals surface area contributed by atoms with Crippen LogP contribution in [0, 0.1) is 0 Å². The molecular weight excluding hydrogens is 404 g/mol. The van der Waals surface area contributed by atoms with Gasteiger partial charge in [0.15, 0.2) is 5.82 Å². The van der Waals surface area contributed by atoms with Crippen molar-refractivity contribution < 1.29 is 4.74 Å². The van der Waals surface area contributed by atoms with E-state index in [1.165, 1.54) is 0 Å². The topological polar surface area (TPSA) is 98.6 Å². The van der Waals surface area contributed by atoms with E-state index in [0.29, 0.717) is 35.9 Å². The second-order valence-electron chi connectivity index (χ2n) is 7.23. The molecule has 32 heavy (non-hydrogen) atoms. The van der Waals surface area contributed by atoms with Gasteiger partial charge in [-0.2, -0.15) is 4.98 Å². The maximum absolute atomic E-state index is 13.1. The summed E-state index contributed by atoms with van der Waals surface area (Å²) in [6.07, 6.45) is 0. The molecular formula is C24H20N6O2. The molecule has 0 aliphatic heterocycles. The van der Waals surface area contributed by atoms with Gasteiger partial charge in [-0.25, -0.2) is 5.10 Å². The lowest BCUT2D eigenvalue weighted by molar-refractivity contribution is 0.294. The molecule has 2 heterocycles. The molecule has 0 amide bonds. The van der Waals surface area contributed by atoms with Crippen LogP contribution in [-0.4, -0.2) is 36.8 Å². The standard InChI is InChI=1S/C24H20N6O2/c1-2-32-24-25-21-10-6-5-9-20(21)23(31)30(24)15-16-11-13-17(14-12-16)18-7-3-4-8-19(18)22-26-28-29-27-22/h3-14H,2,15H2,1H3,(H,26,27,28,29). The zero-order valence-corrected chi connectivity index (χ0v) is 17.4. The number of para-hydroxylation sites is 1. The fourth-order valence-electron chi connectivity index (χ4n) is 3.71. The van der Waals surface area contributed by atoms with Gasteiger partial charge in [-0.1, -0.05) is 60.7 Å². The van der Waals surface area contributed by atoms with Gasteiger partial charge in [-0.15, -0.1) is 5.10 Å². The van der Waals surface area contributed by atoms with Crippen LogP contribution >= 0.6 is 0 Å². The van der Waals surface area contributed by atoms with Crippen molar-refractivity contribution in [1.82, 2.24) is 30.2 Å². The number of rotatable bonds is 6. The summed E-state index contributed by atoms with van der Waals surface area (Å²) in [4.78, 5) is 17.7. The summed E-state index contributed by atoms with van der Waals surface area (Å²) in [6.45, 7) is 2.67. The Bertz CT molecular complexity index is 1430. The number of nitrogens with zero attached hydrogens (tertiary/aromatic N) is 5. The number of tetrazole rings is 1. The molecule has 0 aliphatic rings. The molecule has 0 saturated heterocycles. The fraction of sp³-hybridized carbons (Fsp3) is 0.125. The molecule has 0 atom stereocenters. The molecule has 8 heteroatoms. The van der Waals surface area contributed by atoms with Crippen LogP contribution in [0.15, 0.2) is 77.6 Å². The van der Waals surface area contributed by atoms with E-state index < -0.39 is 0 Å². The Hall–Kier alpha value is -4.33. The third kappa shape index (κ3) is 3.62. The minimum Gasteiger partial charge on any atom is -0.465 e. The number of aromatic amines is 1. The van der Waals surface area contributed by atoms with E-state index >= 15 is 0 Å². The van der Waals surface area contributed by atoms with Crippen molar-refractivity contribution in [2.45, 2.75) is 13.5 Å². The third-order valence-electron chi connectivity index (χ3n) is 5.23. The van der Waals surface area contributed by atoms with E-state index in [0.717, 1.165) is 22.3 Å². The normalized spacial score (nSPS) is 11.0. The summed E-state index contributed by atoms with van der Waals surface area (Å²) in [5, 5.41) is 14.8. The number of H-pyrrole nitrogens is 1. The van der Waals surface area contributed by atoms with E-state index in [1.54, 1.807) is 10.6 Å². The van der Waals surface area contributed by atoms with Gasteiger partial charge in [0.2, 0.25) is 0 Å². The Labute approximate surface area is 183 Å². The van der Waals surface area contributed by atoms with E-state index in [4.69, 9.17) is 4.74 Å². The number of aromatic nitrogens is 6. The smallest absolute Gasteiger partial charge is 0.300 e. The zero-order chi connectivity index (χ0) is 21.9. The van der Waals surface area contributed by atoms with Gasteiger partial charge in [0.25, 0.3) is 11.6 Å². The van der Waals surface area contributed by atoms with Crippen LogP contribution in [0.1, 0.15) is 12.5 Å². The van der Waals surface area contributed by atoms with Crippen molar-refractivity contribution in [3.05, 3.63) is 88.7 Å². The average molecular weight is 424 g/mol. The first-order valence-electron chi connectivity index (χ1n) is 10.3. The zero-order valence-electron chi connectivity index (χ0n) is 17.4. The van der Waals surface area contributed by atoms with Crippen LogP contribution in [0.5, 0.6) is 6.01 Å². The lowest BCUT2D eigenvalue weighted by Gasteiger charge is -2.14. The highest BCUT2D eigenvalue weighted by Crippen LogP contribution is 2.30. The van der Waals surface area contributed by atoms with Crippen molar-refractivity contribution in [3.8, 4) is 28.5 Å². The Kier molecular flexibility index (Phi) is 5.17. The molecule has 8 nitrogen and oxygen atoms in total.